The van der Waals surface area contributed by atoms with Gasteiger partial charge in [-0.3, -0.25) is 19.7 Å². The maximum atomic E-state index is 12.7. The molecule has 1 aromatic heterocycles. The standard InChI is InChI=1S/C20H19N3O8/c1-10-18(31-20(28)29-10)30-19(27)22(2)8-11-3-4-13-12(7-11)9-23(17(13)26)14-5-6-15(24)21-16(14)25/h3-4,7,14H,5-6,8-9H2,1-2H3,(H,21,24,25)/i23+1. The fourth-order valence-corrected chi connectivity index (χ4v) is 3.65. The van der Waals surface area contributed by atoms with Crippen molar-refractivity contribution < 1.29 is 32.7 Å². The van der Waals surface area contributed by atoms with Gasteiger partial charge in [-0.2, -0.15) is 0 Å². The molecular formula is C20H19N3O8. The Labute approximate surface area is 175 Å². The van der Waals surface area contributed by atoms with Gasteiger partial charge < -0.3 is 23.4 Å². The summed E-state index contributed by atoms with van der Waals surface area (Å²) in [6.45, 7) is 1.83. The Balaban J connectivity index is 1.44. The number of carbonyl (C=O) groups is 4. The maximum absolute atomic E-state index is 12.7. The molecule has 0 bridgehead atoms. The van der Waals surface area contributed by atoms with Crippen LogP contribution in [-0.4, -0.2) is 46.7 Å². The molecule has 1 unspecified atom stereocenters. The van der Waals surface area contributed by atoms with Crippen molar-refractivity contribution in [3.8, 4) is 5.95 Å². The summed E-state index contributed by atoms with van der Waals surface area (Å²) in [5, 5.41) is 2.27. The van der Waals surface area contributed by atoms with Gasteiger partial charge in [0.25, 0.3) is 5.91 Å². The first-order valence-electron chi connectivity index (χ1n) is 9.53. The summed E-state index contributed by atoms with van der Waals surface area (Å²) in [5.41, 5.74) is 1.95. The highest BCUT2D eigenvalue weighted by molar-refractivity contribution is 6.05. The zero-order valence-electron chi connectivity index (χ0n) is 16.8. The number of aryl methyl sites for hydroxylation is 1. The highest BCUT2D eigenvalue weighted by atomic mass is 16.7. The normalized spacial score (nSPS) is 18.1. The molecule has 0 saturated carbocycles. The van der Waals surface area contributed by atoms with Crippen molar-refractivity contribution in [1.82, 2.24) is 15.1 Å². The fourth-order valence-electron chi connectivity index (χ4n) is 3.65. The molecule has 1 saturated heterocycles. The molecule has 1 aromatic carbocycles. The number of benzene rings is 1. The van der Waals surface area contributed by atoms with Crippen LogP contribution in [0.2, 0.25) is 0 Å². The number of hydrogen-bond donors (Lipinski definition) is 1. The Kier molecular flexibility index (Phi) is 5.09. The smallest absolute Gasteiger partial charge is 0.392 e. The van der Waals surface area contributed by atoms with Crippen LogP contribution in [0.4, 0.5) is 4.79 Å². The number of hydrogen-bond acceptors (Lipinski definition) is 8. The molecule has 2 aliphatic rings. The minimum Gasteiger partial charge on any atom is -0.392 e. The minimum atomic E-state index is -0.966. The van der Waals surface area contributed by atoms with E-state index in [-0.39, 0.29) is 49.5 Å². The third kappa shape index (κ3) is 3.93. The van der Waals surface area contributed by atoms with Gasteiger partial charge in [0.15, 0.2) is 5.76 Å². The molecule has 1 N–H and O–H groups in total. The Morgan fingerprint density at radius 2 is 2.03 bits per heavy atom. The third-order valence-electron chi connectivity index (χ3n) is 5.20. The van der Waals surface area contributed by atoms with Crippen molar-refractivity contribution in [2.75, 3.05) is 7.05 Å². The van der Waals surface area contributed by atoms with Crippen molar-refractivity contribution >= 4 is 23.8 Å². The first kappa shape index (κ1) is 20.4. The van der Waals surface area contributed by atoms with E-state index in [0.717, 1.165) is 11.1 Å². The molecule has 1 fully saturated rings. The maximum Gasteiger partial charge on any atom is 0.521 e. The van der Waals surface area contributed by atoms with Crippen molar-refractivity contribution in [3.63, 3.8) is 0 Å². The molecule has 2 aliphatic heterocycles. The Hall–Kier alpha value is -3.89. The number of amides is 4. The van der Waals surface area contributed by atoms with Crippen LogP contribution in [0.3, 0.4) is 0 Å². The Morgan fingerprint density at radius 1 is 1.26 bits per heavy atom. The summed E-state index contributed by atoms with van der Waals surface area (Å²) in [6, 6.07) is 4.45. The van der Waals surface area contributed by atoms with E-state index in [1.807, 2.05) is 0 Å². The van der Waals surface area contributed by atoms with Gasteiger partial charge in [-0.15, -0.1) is 0 Å². The summed E-state index contributed by atoms with van der Waals surface area (Å²) in [4.78, 5) is 62.3. The molecule has 31 heavy (non-hydrogen) atoms. The lowest BCUT2D eigenvalue weighted by Crippen LogP contribution is -2.52. The number of ether oxygens (including phenoxy) is 1. The summed E-state index contributed by atoms with van der Waals surface area (Å²) >= 11 is 0. The summed E-state index contributed by atoms with van der Waals surface area (Å²) in [7, 11) is 1.50. The number of imide groups is 1. The van der Waals surface area contributed by atoms with E-state index in [1.165, 1.54) is 23.8 Å². The van der Waals surface area contributed by atoms with Crippen molar-refractivity contribution in [2.45, 2.75) is 38.9 Å². The van der Waals surface area contributed by atoms with E-state index in [9.17, 15) is 24.0 Å². The number of piperidine rings is 1. The molecular weight excluding hydrogens is 411 g/mol. The van der Waals surface area contributed by atoms with Crippen LogP contribution < -0.4 is 15.9 Å². The predicted octanol–water partition coefficient (Wildman–Crippen LogP) is 0.933. The lowest BCUT2D eigenvalue weighted by atomic mass is 10.1. The monoisotopic (exact) mass is 430 g/mol. The highest BCUT2D eigenvalue weighted by Crippen LogP contribution is 2.28. The van der Waals surface area contributed by atoms with Gasteiger partial charge >= 0.3 is 17.9 Å². The van der Waals surface area contributed by atoms with Crippen LogP contribution in [0, 0.1) is 6.92 Å². The van der Waals surface area contributed by atoms with Gasteiger partial charge in [-0.05, 0) is 23.6 Å². The van der Waals surface area contributed by atoms with Crippen LogP contribution in [0.1, 0.15) is 40.1 Å². The van der Waals surface area contributed by atoms with Gasteiger partial charge in [0.05, 0.1) is 0 Å². The lowest BCUT2D eigenvalue weighted by Gasteiger charge is -2.29. The highest BCUT2D eigenvalue weighted by Gasteiger charge is 2.39. The lowest BCUT2D eigenvalue weighted by molar-refractivity contribution is -0.136. The Morgan fingerprint density at radius 3 is 2.71 bits per heavy atom. The molecule has 4 rings (SSSR count). The van der Waals surface area contributed by atoms with Crippen molar-refractivity contribution in [1.29, 1.82) is 0 Å². The van der Waals surface area contributed by atoms with Crippen LogP contribution in [0.5, 0.6) is 5.95 Å². The molecule has 11 nitrogen and oxygen atoms in total. The number of carbonyl (C=O) groups excluding carboxylic acids is 4. The van der Waals surface area contributed by atoms with E-state index in [2.05, 4.69) is 14.2 Å². The molecule has 0 spiro atoms. The summed E-state index contributed by atoms with van der Waals surface area (Å²) < 4.78 is 14.3. The van der Waals surface area contributed by atoms with Gasteiger partial charge in [0.2, 0.25) is 11.8 Å². The second-order valence-corrected chi connectivity index (χ2v) is 7.41. The number of nitrogens with one attached hydrogen (secondary N) is 1. The van der Waals surface area contributed by atoms with Gasteiger partial charge in [0.1, 0.15) is 6.04 Å². The van der Waals surface area contributed by atoms with Gasteiger partial charge in [-0.1, -0.05) is 12.1 Å². The molecule has 4 amide bonds. The third-order valence-corrected chi connectivity index (χ3v) is 5.20. The zero-order valence-corrected chi connectivity index (χ0v) is 16.8. The second kappa shape index (κ2) is 7.74. The molecule has 0 radical (unpaired) electrons. The topological polar surface area (TPSA) is 139 Å². The fraction of sp³-hybridized carbons (Fsp3) is 0.350. The second-order valence-electron chi connectivity index (χ2n) is 7.41. The molecule has 3 heterocycles. The molecule has 162 valence electrons. The number of rotatable bonds is 4. The molecule has 11 heteroatoms. The SMILES string of the molecule is Cc1oc(=O)oc1OC(=O)N(C)Cc1ccc2c(c1)C[15N](C1CCC(=O)NC1=O)C2=O. The minimum absolute atomic E-state index is 0.0522. The van der Waals surface area contributed by atoms with Crippen LogP contribution in [-0.2, 0) is 22.7 Å². The first-order valence-corrected chi connectivity index (χ1v) is 9.53. The molecule has 2 aromatic rings. The van der Waals surface area contributed by atoms with E-state index >= 15 is 0 Å². The predicted molar refractivity (Wildman–Crippen MR) is 102 cm³/mol. The van der Waals surface area contributed by atoms with E-state index < -0.39 is 23.9 Å². The average molecular weight is 430 g/mol. The van der Waals surface area contributed by atoms with Gasteiger partial charge in [0, 0.05) is 39.0 Å². The van der Waals surface area contributed by atoms with Crippen LogP contribution in [0.25, 0.3) is 0 Å². The summed E-state index contributed by atoms with van der Waals surface area (Å²) in [6.07, 6.45) is -0.283. The molecule has 0 aliphatic carbocycles. The quantitative estimate of drug-likeness (QED) is 0.558. The number of fused-ring (bicyclic) bond motifs is 1. The first-order chi connectivity index (χ1) is 14.7. The van der Waals surface area contributed by atoms with Crippen LogP contribution >= 0.6 is 0 Å². The van der Waals surface area contributed by atoms with Crippen molar-refractivity contribution in [3.05, 3.63) is 51.3 Å². The number of nitrogens with zero attached hydrogens (tertiary/aromatic N) is 2. The average Bonchev–Trinajstić information content (AvgIpc) is 3.19. The molecule has 1 atom stereocenters. The van der Waals surface area contributed by atoms with Gasteiger partial charge in [-0.25, -0.2) is 9.59 Å². The zero-order chi connectivity index (χ0) is 22.3. The van der Waals surface area contributed by atoms with E-state index in [4.69, 9.17) is 4.74 Å². The summed E-state index contributed by atoms with van der Waals surface area (Å²) in [5.74, 6) is -2.30. The van der Waals surface area contributed by atoms with Crippen molar-refractivity contribution in [2.24, 2.45) is 0 Å². The van der Waals surface area contributed by atoms with E-state index in [1.54, 1.807) is 18.2 Å². The van der Waals surface area contributed by atoms with E-state index in [0.29, 0.717) is 5.56 Å². The van der Waals surface area contributed by atoms with Crippen LogP contribution in [0.15, 0.2) is 31.8 Å². The largest absolute Gasteiger partial charge is 0.521 e. The Bertz CT molecular complexity index is 1150.